The highest BCUT2D eigenvalue weighted by atomic mass is 14.7. The first-order chi connectivity index (χ1) is 6.12. The molecule has 0 aliphatic heterocycles. The summed E-state index contributed by atoms with van der Waals surface area (Å²) in [5, 5.41) is 0. The number of aryl methyl sites for hydroxylation is 1. The standard InChI is InChI=1S/C12H17N/c1-9-6-7-11-10(12(9,2)3)5-4-8-13-11/h4-5,8-9H,6-7H2,1-3H3. The molecule has 0 N–H and O–H groups in total. The lowest BCUT2D eigenvalue weighted by Crippen LogP contribution is -2.32. The van der Waals surface area contributed by atoms with Crippen LogP contribution >= 0.6 is 0 Å². The van der Waals surface area contributed by atoms with E-state index in [9.17, 15) is 0 Å². The quantitative estimate of drug-likeness (QED) is 0.590. The number of hydrogen-bond donors (Lipinski definition) is 0. The van der Waals surface area contributed by atoms with Crippen molar-refractivity contribution in [2.45, 2.75) is 39.0 Å². The average molecular weight is 175 g/mol. The molecule has 1 unspecified atom stereocenters. The van der Waals surface area contributed by atoms with Crippen LogP contribution in [0, 0.1) is 5.92 Å². The van der Waals surface area contributed by atoms with E-state index in [-0.39, 0.29) is 0 Å². The molecule has 1 heterocycles. The molecule has 13 heavy (non-hydrogen) atoms. The fourth-order valence-electron chi connectivity index (χ4n) is 2.20. The summed E-state index contributed by atoms with van der Waals surface area (Å²) >= 11 is 0. The van der Waals surface area contributed by atoms with E-state index in [1.165, 1.54) is 17.7 Å². The minimum Gasteiger partial charge on any atom is -0.261 e. The first-order valence-electron chi connectivity index (χ1n) is 5.06. The Balaban J connectivity index is 2.52. The van der Waals surface area contributed by atoms with Gasteiger partial charge in [0, 0.05) is 11.9 Å². The summed E-state index contributed by atoms with van der Waals surface area (Å²) < 4.78 is 0. The average Bonchev–Trinajstić information content (AvgIpc) is 2.13. The van der Waals surface area contributed by atoms with Crippen LogP contribution in [0.25, 0.3) is 0 Å². The SMILES string of the molecule is CC1CCc2ncccc2C1(C)C. The van der Waals surface area contributed by atoms with Gasteiger partial charge >= 0.3 is 0 Å². The minimum absolute atomic E-state index is 0.307. The monoisotopic (exact) mass is 175 g/mol. The zero-order valence-electron chi connectivity index (χ0n) is 8.67. The van der Waals surface area contributed by atoms with Gasteiger partial charge in [-0.1, -0.05) is 26.8 Å². The molecule has 1 aliphatic carbocycles. The third-order valence-corrected chi connectivity index (χ3v) is 3.63. The number of fused-ring (bicyclic) bond motifs is 1. The maximum atomic E-state index is 4.45. The molecule has 0 spiro atoms. The predicted molar refractivity (Wildman–Crippen MR) is 54.7 cm³/mol. The zero-order valence-corrected chi connectivity index (χ0v) is 8.67. The van der Waals surface area contributed by atoms with Crippen molar-refractivity contribution in [3.63, 3.8) is 0 Å². The Bertz CT molecular complexity index is 315. The van der Waals surface area contributed by atoms with Crippen molar-refractivity contribution in [1.29, 1.82) is 0 Å². The van der Waals surface area contributed by atoms with Crippen LogP contribution in [0.15, 0.2) is 18.3 Å². The smallest absolute Gasteiger partial charge is 0.0441 e. The van der Waals surface area contributed by atoms with E-state index in [0.717, 1.165) is 12.3 Å². The molecule has 1 nitrogen and oxygen atoms in total. The number of nitrogens with zero attached hydrogens (tertiary/aromatic N) is 1. The van der Waals surface area contributed by atoms with Gasteiger partial charge in [0.2, 0.25) is 0 Å². The lowest BCUT2D eigenvalue weighted by atomic mass is 9.68. The Hall–Kier alpha value is -0.850. The van der Waals surface area contributed by atoms with Crippen molar-refractivity contribution in [3.05, 3.63) is 29.6 Å². The van der Waals surface area contributed by atoms with Crippen LogP contribution in [0.3, 0.4) is 0 Å². The van der Waals surface area contributed by atoms with E-state index in [4.69, 9.17) is 0 Å². The molecule has 0 saturated carbocycles. The van der Waals surface area contributed by atoms with Gasteiger partial charge in [0.15, 0.2) is 0 Å². The molecule has 0 radical (unpaired) electrons. The molecule has 1 aromatic heterocycles. The molecular formula is C12H17N. The molecule has 0 amide bonds. The van der Waals surface area contributed by atoms with Gasteiger partial charge in [-0.2, -0.15) is 0 Å². The molecule has 0 aromatic carbocycles. The third-order valence-electron chi connectivity index (χ3n) is 3.63. The van der Waals surface area contributed by atoms with Crippen molar-refractivity contribution in [2.24, 2.45) is 5.92 Å². The van der Waals surface area contributed by atoms with E-state index in [1.54, 1.807) is 0 Å². The fraction of sp³-hybridized carbons (Fsp3) is 0.583. The lowest BCUT2D eigenvalue weighted by Gasteiger charge is -2.37. The van der Waals surface area contributed by atoms with Gasteiger partial charge < -0.3 is 0 Å². The topological polar surface area (TPSA) is 12.9 Å². The van der Waals surface area contributed by atoms with Crippen LogP contribution in [-0.2, 0) is 11.8 Å². The summed E-state index contributed by atoms with van der Waals surface area (Å²) in [7, 11) is 0. The molecular weight excluding hydrogens is 158 g/mol. The minimum atomic E-state index is 0.307. The number of pyridine rings is 1. The van der Waals surface area contributed by atoms with E-state index in [2.05, 4.69) is 37.9 Å². The first-order valence-corrected chi connectivity index (χ1v) is 5.06. The second-order valence-electron chi connectivity index (χ2n) is 4.66. The van der Waals surface area contributed by atoms with Crippen molar-refractivity contribution in [3.8, 4) is 0 Å². The van der Waals surface area contributed by atoms with E-state index < -0.39 is 0 Å². The van der Waals surface area contributed by atoms with E-state index >= 15 is 0 Å². The maximum Gasteiger partial charge on any atom is 0.0441 e. The van der Waals surface area contributed by atoms with Crippen LogP contribution in [0.2, 0.25) is 0 Å². The van der Waals surface area contributed by atoms with Crippen LogP contribution in [0.4, 0.5) is 0 Å². The van der Waals surface area contributed by atoms with Gasteiger partial charge in [-0.3, -0.25) is 4.98 Å². The maximum absolute atomic E-state index is 4.45. The van der Waals surface area contributed by atoms with E-state index in [1.807, 2.05) is 6.20 Å². The molecule has 2 rings (SSSR count). The van der Waals surface area contributed by atoms with Crippen LogP contribution in [0.5, 0.6) is 0 Å². The Morgan fingerprint density at radius 2 is 2.23 bits per heavy atom. The van der Waals surface area contributed by atoms with E-state index in [0.29, 0.717) is 5.41 Å². The Labute approximate surface area is 80.2 Å². The zero-order chi connectivity index (χ0) is 9.47. The highest BCUT2D eigenvalue weighted by Crippen LogP contribution is 2.39. The second kappa shape index (κ2) is 2.83. The van der Waals surface area contributed by atoms with Gasteiger partial charge in [-0.05, 0) is 35.8 Å². The molecule has 1 atom stereocenters. The Kier molecular flexibility index (Phi) is 1.90. The molecule has 1 heteroatoms. The van der Waals surface area contributed by atoms with Crippen LogP contribution < -0.4 is 0 Å². The van der Waals surface area contributed by atoms with Crippen molar-refractivity contribution >= 4 is 0 Å². The summed E-state index contributed by atoms with van der Waals surface area (Å²) in [4.78, 5) is 4.45. The molecule has 70 valence electrons. The summed E-state index contributed by atoms with van der Waals surface area (Å²) in [5.74, 6) is 0.768. The second-order valence-corrected chi connectivity index (χ2v) is 4.66. The molecule has 0 saturated heterocycles. The van der Waals surface area contributed by atoms with Crippen molar-refractivity contribution in [2.75, 3.05) is 0 Å². The highest BCUT2D eigenvalue weighted by molar-refractivity contribution is 5.31. The first kappa shape index (κ1) is 8.74. The normalized spacial score (nSPS) is 25.3. The predicted octanol–water partition coefficient (Wildman–Crippen LogP) is 2.94. The fourth-order valence-corrected chi connectivity index (χ4v) is 2.20. The van der Waals surface area contributed by atoms with Gasteiger partial charge in [0.25, 0.3) is 0 Å². The summed E-state index contributed by atoms with van der Waals surface area (Å²) in [6.07, 6.45) is 4.34. The summed E-state index contributed by atoms with van der Waals surface area (Å²) in [6.45, 7) is 7.00. The summed E-state index contributed by atoms with van der Waals surface area (Å²) in [5.41, 5.74) is 3.07. The van der Waals surface area contributed by atoms with Gasteiger partial charge in [0.05, 0.1) is 0 Å². The van der Waals surface area contributed by atoms with Crippen LogP contribution in [-0.4, -0.2) is 4.98 Å². The molecule has 1 aliphatic rings. The summed E-state index contributed by atoms with van der Waals surface area (Å²) in [6, 6.07) is 4.29. The number of rotatable bonds is 0. The van der Waals surface area contributed by atoms with Gasteiger partial charge in [-0.25, -0.2) is 0 Å². The molecule has 0 fully saturated rings. The molecule has 0 bridgehead atoms. The van der Waals surface area contributed by atoms with Crippen molar-refractivity contribution in [1.82, 2.24) is 4.98 Å². The van der Waals surface area contributed by atoms with Crippen molar-refractivity contribution < 1.29 is 0 Å². The Morgan fingerprint density at radius 1 is 1.46 bits per heavy atom. The largest absolute Gasteiger partial charge is 0.261 e. The number of aromatic nitrogens is 1. The lowest BCUT2D eigenvalue weighted by molar-refractivity contribution is 0.299. The highest BCUT2D eigenvalue weighted by Gasteiger charge is 2.33. The Morgan fingerprint density at radius 3 is 3.00 bits per heavy atom. The third kappa shape index (κ3) is 1.27. The number of hydrogen-bond acceptors (Lipinski definition) is 1. The van der Waals surface area contributed by atoms with Gasteiger partial charge in [0.1, 0.15) is 0 Å². The molecule has 1 aromatic rings. The van der Waals surface area contributed by atoms with Gasteiger partial charge in [-0.15, -0.1) is 0 Å². The van der Waals surface area contributed by atoms with Crippen LogP contribution in [0.1, 0.15) is 38.4 Å².